The lowest BCUT2D eigenvalue weighted by Crippen LogP contribution is -2.45. The molecule has 0 atom stereocenters. The van der Waals surface area contributed by atoms with Gasteiger partial charge in [-0.2, -0.15) is 0 Å². The molecule has 3 rings (SSSR count). The van der Waals surface area contributed by atoms with Gasteiger partial charge >= 0.3 is 0 Å². The van der Waals surface area contributed by atoms with Crippen LogP contribution in [0.4, 0.5) is 5.69 Å². The van der Waals surface area contributed by atoms with Crippen molar-refractivity contribution < 1.29 is 4.79 Å². The van der Waals surface area contributed by atoms with Crippen LogP contribution in [0.5, 0.6) is 0 Å². The fourth-order valence-electron chi connectivity index (χ4n) is 2.68. The molecule has 1 aromatic rings. The highest BCUT2D eigenvalue weighted by Crippen LogP contribution is 2.32. The maximum absolute atomic E-state index is 12.7. The molecule has 1 heterocycles. The Hall–Kier alpha value is -1.35. The van der Waals surface area contributed by atoms with Gasteiger partial charge in [-0.25, -0.2) is 0 Å². The molecule has 1 N–H and O–H groups in total. The van der Waals surface area contributed by atoms with E-state index in [1.165, 1.54) is 18.4 Å². The lowest BCUT2D eigenvalue weighted by atomic mass is 9.91. The second-order valence-electron chi connectivity index (χ2n) is 6.37. The number of hydrogen-bond acceptors (Lipinski definition) is 2. The summed E-state index contributed by atoms with van der Waals surface area (Å²) in [4.78, 5) is 14.7. The minimum absolute atomic E-state index is 0.241. The van der Waals surface area contributed by atoms with Crippen molar-refractivity contribution in [3.8, 4) is 0 Å². The predicted molar refractivity (Wildman–Crippen MR) is 77.3 cm³/mol. The average molecular weight is 258 g/mol. The molecule has 19 heavy (non-hydrogen) atoms. The summed E-state index contributed by atoms with van der Waals surface area (Å²) in [5.74, 6) is 0.241. The van der Waals surface area contributed by atoms with Crippen LogP contribution in [0.3, 0.4) is 0 Å². The number of amides is 1. The molecule has 0 aromatic heterocycles. The van der Waals surface area contributed by atoms with E-state index in [4.69, 9.17) is 0 Å². The molecule has 1 saturated carbocycles. The summed E-state index contributed by atoms with van der Waals surface area (Å²) in [5.41, 5.74) is 2.06. The van der Waals surface area contributed by atoms with Crippen molar-refractivity contribution in [2.75, 3.05) is 18.0 Å². The van der Waals surface area contributed by atoms with Gasteiger partial charge in [0.1, 0.15) is 0 Å². The van der Waals surface area contributed by atoms with Crippen LogP contribution in [0, 0.1) is 5.41 Å². The minimum atomic E-state index is -0.333. The molecule has 0 bridgehead atoms. The van der Waals surface area contributed by atoms with E-state index in [-0.39, 0.29) is 11.3 Å². The summed E-state index contributed by atoms with van der Waals surface area (Å²) in [6.07, 6.45) is 3.50. The zero-order valence-corrected chi connectivity index (χ0v) is 11.8. The fourth-order valence-corrected chi connectivity index (χ4v) is 2.68. The highest BCUT2D eigenvalue weighted by molar-refractivity contribution is 5.99. The molecule has 3 nitrogen and oxygen atoms in total. The maximum atomic E-state index is 12.7. The molecule has 2 aliphatic rings. The van der Waals surface area contributed by atoms with Gasteiger partial charge < -0.3 is 10.2 Å². The molecule has 1 aromatic carbocycles. The van der Waals surface area contributed by atoms with Crippen LogP contribution in [0.1, 0.15) is 32.3 Å². The second kappa shape index (κ2) is 4.64. The molecule has 0 saturated heterocycles. The molecule has 102 valence electrons. The topological polar surface area (TPSA) is 32.3 Å². The summed E-state index contributed by atoms with van der Waals surface area (Å²) in [5, 5.41) is 3.48. The summed E-state index contributed by atoms with van der Waals surface area (Å²) in [6.45, 7) is 5.69. The van der Waals surface area contributed by atoms with E-state index in [9.17, 15) is 4.79 Å². The van der Waals surface area contributed by atoms with Gasteiger partial charge in [-0.1, -0.05) is 18.2 Å². The summed E-state index contributed by atoms with van der Waals surface area (Å²) in [7, 11) is 0. The van der Waals surface area contributed by atoms with Gasteiger partial charge in [0, 0.05) is 24.8 Å². The first-order valence-corrected chi connectivity index (χ1v) is 7.21. The Bertz CT molecular complexity index is 491. The largest absolute Gasteiger partial charge is 0.313 e. The first-order valence-electron chi connectivity index (χ1n) is 7.21. The van der Waals surface area contributed by atoms with Gasteiger partial charge in [-0.05, 0) is 44.7 Å². The Morgan fingerprint density at radius 2 is 2.11 bits per heavy atom. The Morgan fingerprint density at radius 1 is 1.37 bits per heavy atom. The van der Waals surface area contributed by atoms with Gasteiger partial charge in [0.25, 0.3) is 0 Å². The first-order chi connectivity index (χ1) is 9.08. The van der Waals surface area contributed by atoms with Gasteiger partial charge in [-0.15, -0.1) is 0 Å². The monoisotopic (exact) mass is 258 g/mol. The zero-order valence-electron chi connectivity index (χ0n) is 11.8. The first kappa shape index (κ1) is 12.7. The zero-order chi connectivity index (χ0) is 13.5. The van der Waals surface area contributed by atoms with E-state index in [1.807, 2.05) is 30.9 Å². The third kappa shape index (κ3) is 2.52. The minimum Gasteiger partial charge on any atom is -0.313 e. The molecule has 1 aliphatic heterocycles. The number of para-hydroxylation sites is 1. The molecular weight excluding hydrogens is 236 g/mol. The van der Waals surface area contributed by atoms with E-state index < -0.39 is 0 Å². The summed E-state index contributed by atoms with van der Waals surface area (Å²) < 4.78 is 0. The Kier molecular flexibility index (Phi) is 3.09. The number of rotatable bonds is 4. The van der Waals surface area contributed by atoms with Crippen LogP contribution in [-0.4, -0.2) is 25.0 Å². The number of carbonyl (C=O) groups is 1. The number of hydrogen-bond donors (Lipinski definition) is 1. The third-order valence-electron chi connectivity index (χ3n) is 4.12. The number of benzene rings is 1. The normalized spacial score (nSPS) is 18.5. The fraction of sp³-hybridized carbons (Fsp3) is 0.562. The van der Waals surface area contributed by atoms with Crippen LogP contribution >= 0.6 is 0 Å². The number of fused-ring (bicyclic) bond motifs is 1. The van der Waals surface area contributed by atoms with E-state index in [2.05, 4.69) is 17.4 Å². The number of carbonyl (C=O) groups excluding carboxylic acids is 1. The molecule has 1 aliphatic carbocycles. The molecule has 1 amide bonds. The lowest BCUT2D eigenvalue weighted by Gasteiger charge is -2.30. The Morgan fingerprint density at radius 3 is 2.84 bits per heavy atom. The molecule has 3 heteroatoms. The van der Waals surface area contributed by atoms with Gasteiger partial charge in [0.05, 0.1) is 5.41 Å². The highest BCUT2D eigenvalue weighted by Gasteiger charge is 2.36. The summed E-state index contributed by atoms with van der Waals surface area (Å²) >= 11 is 0. The van der Waals surface area contributed by atoms with E-state index in [0.717, 1.165) is 25.2 Å². The van der Waals surface area contributed by atoms with Gasteiger partial charge in [0.15, 0.2) is 0 Å². The van der Waals surface area contributed by atoms with Crippen LogP contribution in [0.25, 0.3) is 0 Å². The van der Waals surface area contributed by atoms with Crippen LogP contribution in [0.15, 0.2) is 24.3 Å². The third-order valence-corrected chi connectivity index (χ3v) is 4.12. The SMILES string of the molecule is CC(C)(CNC1CC1)C(=O)N1CCc2ccccc21. The molecule has 0 radical (unpaired) electrons. The Labute approximate surface area is 115 Å². The predicted octanol–water partition coefficient (Wildman–Crippen LogP) is 2.35. The number of anilines is 1. The van der Waals surface area contributed by atoms with Crippen molar-refractivity contribution >= 4 is 11.6 Å². The second-order valence-corrected chi connectivity index (χ2v) is 6.37. The lowest BCUT2D eigenvalue weighted by molar-refractivity contribution is -0.126. The highest BCUT2D eigenvalue weighted by atomic mass is 16.2. The van der Waals surface area contributed by atoms with Gasteiger partial charge in [0.2, 0.25) is 5.91 Å². The van der Waals surface area contributed by atoms with E-state index in [0.29, 0.717) is 6.04 Å². The molecule has 1 fully saturated rings. The Balaban J connectivity index is 1.73. The van der Waals surface area contributed by atoms with Crippen molar-refractivity contribution in [2.45, 2.75) is 39.2 Å². The van der Waals surface area contributed by atoms with Crippen molar-refractivity contribution in [1.82, 2.24) is 5.32 Å². The summed E-state index contributed by atoms with van der Waals surface area (Å²) in [6, 6.07) is 8.90. The number of nitrogens with zero attached hydrogens (tertiary/aromatic N) is 1. The standard InChI is InChI=1S/C16H22N2O/c1-16(2,11-17-13-7-8-13)15(19)18-10-9-12-5-3-4-6-14(12)18/h3-6,13,17H,7-11H2,1-2H3. The molecule has 0 unspecified atom stereocenters. The van der Waals surface area contributed by atoms with Crippen molar-refractivity contribution in [2.24, 2.45) is 5.41 Å². The average Bonchev–Trinajstić information content (AvgIpc) is 3.14. The molecule has 0 spiro atoms. The molecular formula is C16H22N2O. The van der Waals surface area contributed by atoms with Crippen molar-refractivity contribution in [3.63, 3.8) is 0 Å². The van der Waals surface area contributed by atoms with E-state index in [1.54, 1.807) is 0 Å². The smallest absolute Gasteiger partial charge is 0.233 e. The number of nitrogens with one attached hydrogen (secondary N) is 1. The maximum Gasteiger partial charge on any atom is 0.233 e. The van der Waals surface area contributed by atoms with Gasteiger partial charge in [-0.3, -0.25) is 4.79 Å². The van der Waals surface area contributed by atoms with E-state index >= 15 is 0 Å². The van der Waals surface area contributed by atoms with Crippen LogP contribution in [-0.2, 0) is 11.2 Å². The quantitative estimate of drug-likeness (QED) is 0.899. The van der Waals surface area contributed by atoms with Crippen LogP contribution < -0.4 is 10.2 Å². The van der Waals surface area contributed by atoms with Crippen molar-refractivity contribution in [3.05, 3.63) is 29.8 Å². The van der Waals surface area contributed by atoms with Crippen molar-refractivity contribution in [1.29, 1.82) is 0 Å². The van der Waals surface area contributed by atoms with Crippen LogP contribution in [0.2, 0.25) is 0 Å².